The molecule has 1 aliphatic heterocycles. The number of nitrogens with zero attached hydrogens (tertiary/aromatic N) is 2. The van der Waals surface area contributed by atoms with Gasteiger partial charge in [0, 0.05) is 37.3 Å². The number of hydrogen-bond acceptors (Lipinski definition) is 4. The number of furan rings is 1. The summed E-state index contributed by atoms with van der Waals surface area (Å²) in [7, 11) is 0. The van der Waals surface area contributed by atoms with E-state index in [0.29, 0.717) is 48.8 Å². The molecule has 1 saturated heterocycles. The van der Waals surface area contributed by atoms with Crippen LogP contribution < -0.4 is 4.90 Å². The van der Waals surface area contributed by atoms with Gasteiger partial charge >= 0.3 is 0 Å². The van der Waals surface area contributed by atoms with Gasteiger partial charge in [-0.25, -0.2) is 4.39 Å². The Labute approximate surface area is 152 Å². The second-order valence-electron chi connectivity index (χ2n) is 6.72. The third-order valence-corrected chi connectivity index (χ3v) is 5.04. The molecule has 0 N–H and O–H groups in total. The van der Waals surface area contributed by atoms with Crippen LogP contribution in [0.3, 0.4) is 0 Å². The zero-order valence-electron chi connectivity index (χ0n) is 15.6. The number of aryl methyl sites for hydroxylation is 2. The number of ketones is 1. The van der Waals surface area contributed by atoms with Crippen molar-refractivity contribution in [3.05, 3.63) is 52.2 Å². The van der Waals surface area contributed by atoms with E-state index in [-0.39, 0.29) is 11.7 Å². The van der Waals surface area contributed by atoms with Crippen molar-refractivity contribution in [1.82, 2.24) is 4.90 Å². The smallest absolute Gasteiger partial charge is 0.257 e. The molecule has 138 valence electrons. The van der Waals surface area contributed by atoms with Crippen LogP contribution in [0.1, 0.15) is 44.7 Å². The van der Waals surface area contributed by atoms with Crippen LogP contribution in [0.15, 0.2) is 22.6 Å². The van der Waals surface area contributed by atoms with Gasteiger partial charge in [-0.1, -0.05) is 0 Å². The van der Waals surface area contributed by atoms with Gasteiger partial charge in [-0.2, -0.15) is 0 Å². The first-order valence-corrected chi connectivity index (χ1v) is 8.71. The monoisotopic (exact) mass is 358 g/mol. The third-order valence-electron chi connectivity index (χ3n) is 5.04. The molecule has 3 rings (SSSR count). The second kappa shape index (κ2) is 6.94. The molecule has 0 saturated carbocycles. The van der Waals surface area contributed by atoms with Gasteiger partial charge in [0.05, 0.1) is 11.3 Å². The molecule has 0 unspecified atom stereocenters. The van der Waals surface area contributed by atoms with Crippen LogP contribution in [0, 0.1) is 26.6 Å². The summed E-state index contributed by atoms with van der Waals surface area (Å²) in [6.45, 7) is 9.06. The molecule has 1 fully saturated rings. The van der Waals surface area contributed by atoms with E-state index in [2.05, 4.69) is 0 Å². The molecule has 0 radical (unpaired) electrons. The van der Waals surface area contributed by atoms with Crippen LogP contribution in [-0.4, -0.2) is 42.8 Å². The lowest BCUT2D eigenvalue weighted by Crippen LogP contribution is -2.49. The molecule has 1 aromatic carbocycles. The Morgan fingerprint density at radius 3 is 2.19 bits per heavy atom. The minimum absolute atomic E-state index is 0.0381. The first-order chi connectivity index (χ1) is 12.3. The number of carbonyl (C=O) groups excluding carboxylic acids is 2. The Hall–Kier alpha value is -2.63. The minimum Gasteiger partial charge on any atom is -0.466 e. The molecule has 5 nitrogen and oxygen atoms in total. The van der Waals surface area contributed by atoms with Crippen molar-refractivity contribution in [2.45, 2.75) is 27.7 Å². The molecular formula is C20H23FN2O3. The summed E-state index contributed by atoms with van der Waals surface area (Å²) in [5, 5.41) is 0. The number of carbonyl (C=O) groups is 2. The zero-order valence-corrected chi connectivity index (χ0v) is 15.6. The van der Waals surface area contributed by atoms with E-state index in [9.17, 15) is 14.0 Å². The Kier molecular flexibility index (Phi) is 4.85. The molecule has 1 amide bonds. The number of benzene rings is 1. The number of piperazine rings is 1. The van der Waals surface area contributed by atoms with E-state index in [4.69, 9.17) is 4.42 Å². The Bertz CT molecular complexity index is 864. The summed E-state index contributed by atoms with van der Waals surface area (Å²) in [5.74, 6) is 0.793. The van der Waals surface area contributed by atoms with Gasteiger partial charge < -0.3 is 14.2 Å². The van der Waals surface area contributed by atoms with Gasteiger partial charge in [0.2, 0.25) is 0 Å². The molecule has 0 aliphatic carbocycles. The van der Waals surface area contributed by atoms with Crippen molar-refractivity contribution in [3.8, 4) is 0 Å². The zero-order chi connectivity index (χ0) is 19.0. The highest BCUT2D eigenvalue weighted by Gasteiger charge is 2.27. The number of Topliss-reactive ketones (excluding diaryl/α,β-unsaturated/α-hetero) is 1. The lowest BCUT2D eigenvalue weighted by Gasteiger charge is -2.36. The van der Waals surface area contributed by atoms with Gasteiger partial charge in [-0.3, -0.25) is 9.59 Å². The third kappa shape index (κ3) is 3.23. The number of rotatable bonds is 3. The molecule has 26 heavy (non-hydrogen) atoms. The maximum absolute atomic E-state index is 14.3. The fourth-order valence-electron chi connectivity index (χ4n) is 3.40. The van der Waals surface area contributed by atoms with E-state index in [1.165, 1.54) is 13.0 Å². The first-order valence-electron chi connectivity index (χ1n) is 8.71. The number of anilines is 1. The van der Waals surface area contributed by atoms with E-state index >= 15 is 0 Å². The van der Waals surface area contributed by atoms with Gasteiger partial charge in [-0.05, 0) is 45.9 Å². The average molecular weight is 358 g/mol. The van der Waals surface area contributed by atoms with E-state index in [0.717, 1.165) is 11.3 Å². The van der Waals surface area contributed by atoms with Crippen molar-refractivity contribution in [2.24, 2.45) is 0 Å². The Morgan fingerprint density at radius 2 is 1.69 bits per heavy atom. The number of amides is 1. The number of hydrogen-bond donors (Lipinski definition) is 0. The van der Waals surface area contributed by atoms with Crippen LogP contribution >= 0.6 is 0 Å². The van der Waals surface area contributed by atoms with Gasteiger partial charge in [0.1, 0.15) is 17.3 Å². The molecule has 2 aromatic rings. The topological polar surface area (TPSA) is 53.8 Å². The van der Waals surface area contributed by atoms with Crippen LogP contribution in [0.5, 0.6) is 0 Å². The van der Waals surface area contributed by atoms with Crippen molar-refractivity contribution in [2.75, 3.05) is 31.1 Å². The molecule has 2 heterocycles. The fraction of sp³-hybridized carbons (Fsp3) is 0.400. The standard InChI is InChI=1S/C20H23FN2O3/c1-12-14(3)26-15(4)19(12)20(25)23-9-7-22(8-10-23)18-6-5-16(13(2)24)11-17(18)21/h5-6,11H,7-10H2,1-4H3. The lowest BCUT2D eigenvalue weighted by atomic mass is 10.1. The quantitative estimate of drug-likeness (QED) is 0.788. The summed E-state index contributed by atoms with van der Waals surface area (Å²) in [4.78, 5) is 27.9. The number of halogens is 1. The van der Waals surface area contributed by atoms with Gasteiger partial charge in [-0.15, -0.1) is 0 Å². The van der Waals surface area contributed by atoms with Gasteiger partial charge in [0.15, 0.2) is 5.78 Å². The fourth-order valence-corrected chi connectivity index (χ4v) is 3.40. The summed E-state index contributed by atoms with van der Waals surface area (Å²) in [6.07, 6.45) is 0. The predicted octanol–water partition coefficient (Wildman–Crippen LogP) is 3.51. The van der Waals surface area contributed by atoms with E-state index in [1.54, 1.807) is 24.0 Å². The largest absolute Gasteiger partial charge is 0.466 e. The predicted molar refractivity (Wildman–Crippen MR) is 97.4 cm³/mol. The molecule has 0 spiro atoms. The second-order valence-corrected chi connectivity index (χ2v) is 6.72. The molecule has 6 heteroatoms. The first kappa shape index (κ1) is 18.2. The lowest BCUT2D eigenvalue weighted by molar-refractivity contribution is 0.0744. The van der Waals surface area contributed by atoms with Crippen LogP contribution in [0.2, 0.25) is 0 Å². The van der Waals surface area contributed by atoms with E-state index in [1.807, 2.05) is 18.7 Å². The summed E-state index contributed by atoms with van der Waals surface area (Å²) >= 11 is 0. The Morgan fingerprint density at radius 1 is 1.04 bits per heavy atom. The maximum atomic E-state index is 14.3. The van der Waals surface area contributed by atoms with Crippen LogP contribution in [0.25, 0.3) is 0 Å². The van der Waals surface area contributed by atoms with Crippen molar-refractivity contribution >= 4 is 17.4 Å². The molecule has 0 atom stereocenters. The Balaban J connectivity index is 1.71. The SMILES string of the molecule is CC(=O)c1ccc(N2CCN(C(=O)c3c(C)oc(C)c3C)CC2)c(F)c1. The highest BCUT2D eigenvalue weighted by Crippen LogP contribution is 2.25. The van der Waals surface area contributed by atoms with Crippen molar-refractivity contribution in [1.29, 1.82) is 0 Å². The van der Waals surface area contributed by atoms with Crippen LogP contribution in [0.4, 0.5) is 10.1 Å². The maximum Gasteiger partial charge on any atom is 0.257 e. The molecule has 0 bridgehead atoms. The highest BCUT2D eigenvalue weighted by atomic mass is 19.1. The summed E-state index contributed by atoms with van der Waals surface area (Å²) < 4.78 is 19.9. The van der Waals surface area contributed by atoms with Crippen molar-refractivity contribution < 1.29 is 18.4 Å². The summed E-state index contributed by atoms with van der Waals surface area (Å²) in [5.41, 5.74) is 2.34. The minimum atomic E-state index is -0.408. The van der Waals surface area contributed by atoms with Crippen LogP contribution in [-0.2, 0) is 0 Å². The van der Waals surface area contributed by atoms with Gasteiger partial charge in [0.25, 0.3) is 5.91 Å². The van der Waals surface area contributed by atoms with Crippen molar-refractivity contribution in [3.63, 3.8) is 0 Å². The molecule has 1 aromatic heterocycles. The summed E-state index contributed by atoms with van der Waals surface area (Å²) in [6, 6.07) is 4.55. The molecule has 1 aliphatic rings. The van der Waals surface area contributed by atoms with E-state index < -0.39 is 5.82 Å². The highest BCUT2D eigenvalue weighted by molar-refractivity contribution is 5.97. The molecular weight excluding hydrogens is 335 g/mol. The average Bonchev–Trinajstić information content (AvgIpc) is 2.86. The normalized spacial score (nSPS) is 14.7.